The Morgan fingerprint density at radius 2 is 1.41 bits per heavy atom. The molecule has 0 saturated heterocycles. The summed E-state index contributed by atoms with van der Waals surface area (Å²) in [5.41, 5.74) is 4.18. The lowest BCUT2D eigenvalue weighted by Crippen LogP contribution is -1.84. The number of halogens is 2. The Bertz CT molecular complexity index is 858. The average Bonchev–Trinajstić information content (AvgIpc) is 2.57. The minimum Gasteiger partial charge on any atom is -0.0843 e. The first kappa shape index (κ1) is 14.9. The van der Waals surface area contributed by atoms with Crippen molar-refractivity contribution in [2.24, 2.45) is 0 Å². The number of hydrogen-bond acceptors (Lipinski definition) is 0. The number of hydrogen-bond donors (Lipinski definition) is 0. The van der Waals surface area contributed by atoms with Crippen LogP contribution in [0.2, 0.25) is 5.02 Å². The number of benzene rings is 3. The molecule has 106 valence electrons. The van der Waals surface area contributed by atoms with E-state index in [-0.39, 0.29) is 0 Å². The minimum absolute atomic E-state index is 0.684. The normalized spacial score (nSPS) is 9.91. The second-order valence-corrected chi connectivity index (χ2v) is 6.08. The van der Waals surface area contributed by atoms with Crippen molar-refractivity contribution >= 4 is 27.5 Å². The van der Waals surface area contributed by atoms with E-state index in [1.807, 2.05) is 54.6 Å². The quantitative estimate of drug-likeness (QED) is 0.451. The fourth-order valence-corrected chi connectivity index (χ4v) is 2.71. The van der Waals surface area contributed by atoms with Gasteiger partial charge in [-0.2, -0.15) is 0 Å². The van der Waals surface area contributed by atoms with Gasteiger partial charge in [0.25, 0.3) is 0 Å². The molecule has 0 amide bonds. The van der Waals surface area contributed by atoms with E-state index in [0.29, 0.717) is 5.02 Å². The fraction of sp³-hybridized carbons (Fsp3) is 0. The zero-order valence-corrected chi connectivity index (χ0v) is 14.0. The predicted octanol–water partition coefficient (Wildman–Crippen LogP) is 6.17. The van der Waals surface area contributed by atoms with E-state index >= 15 is 0 Å². The molecule has 3 aromatic carbocycles. The summed E-state index contributed by atoms with van der Waals surface area (Å²) in [6, 6.07) is 24.0. The van der Waals surface area contributed by atoms with E-state index in [1.54, 1.807) is 0 Å². The molecule has 0 unspecified atom stereocenters. The second-order valence-electron chi connectivity index (χ2n) is 4.79. The molecule has 0 aliphatic rings. The smallest absolute Gasteiger partial charge is 0.0419 e. The van der Waals surface area contributed by atoms with Gasteiger partial charge in [-0.15, -0.1) is 0 Å². The minimum atomic E-state index is 0.684. The SMILES string of the molecule is Clc1ccc(Br)c(C#Cc2ccccc2-c2ccccc2)c1. The zero-order valence-electron chi connectivity index (χ0n) is 11.7. The van der Waals surface area contributed by atoms with Crippen LogP contribution in [0, 0.1) is 11.8 Å². The van der Waals surface area contributed by atoms with Crippen LogP contribution < -0.4 is 0 Å². The molecule has 0 fully saturated rings. The van der Waals surface area contributed by atoms with Crippen LogP contribution in [-0.4, -0.2) is 0 Å². The Kier molecular flexibility index (Phi) is 4.63. The molecule has 0 bridgehead atoms. The zero-order chi connectivity index (χ0) is 15.4. The maximum Gasteiger partial charge on any atom is 0.0419 e. The molecular weight excluding hydrogens is 356 g/mol. The first-order valence-electron chi connectivity index (χ1n) is 6.85. The van der Waals surface area contributed by atoms with Crippen molar-refractivity contribution in [2.75, 3.05) is 0 Å². The Balaban J connectivity index is 2.05. The van der Waals surface area contributed by atoms with Gasteiger partial charge < -0.3 is 0 Å². The van der Waals surface area contributed by atoms with Crippen LogP contribution in [-0.2, 0) is 0 Å². The van der Waals surface area contributed by atoms with E-state index in [1.165, 1.54) is 0 Å². The van der Waals surface area contributed by atoms with Crippen LogP contribution in [0.5, 0.6) is 0 Å². The Hall–Kier alpha value is -2.01. The Morgan fingerprint density at radius 1 is 0.727 bits per heavy atom. The van der Waals surface area contributed by atoms with Crippen molar-refractivity contribution in [1.82, 2.24) is 0 Å². The van der Waals surface area contributed by atoms with Crippen molar-refractivity contribution < 1.29 is 0 Å². The van der Waals surface area contributed by atoms with Crippen molar-refractivity contribution in [1.29, 1.82) is 0 Å². The molecule has 0 saturated carbocycles. The van der Waals surface area contributed by atoms with Crippen LogP contribution in [0.4, 0.5) is 0 Å². The lowest BCUT2D eigenvalue weighted by Gasteiger charge is -2.04. The maximum absolute atomic E-state index is 6.04. The summed E-state index contributed by atoms with van der Waals surface area (Å²) in [5.74, 6) is 6.46. The lowest BCUT2D eigenvalue weighted by atomic mass is 10.00. The Labute approximate surface area is 143 Å². The highest BCUT2D eigenvalue weighted by molar-refractivity contribution is 9.10. The molecular formula is C20H12BrCl. The van der Waals surface area contributed by atoms with Gasteiger partial charge in [-0.05, 0) is 51.3 Å². The van der Waals surface area contributed by atoms with Crippen LogP contribution in [0.25, 0.3) is 11.1 Å². The first-order chi connectivity index (χ1) is 10.7. The molecule has 0 atom stereocenters. The molecule has 0 heterocycles. The van der Waals surface area contributed by atoms with E-state index in [9.17, 15) is 0 Å². The molecule has 0 N–H and O–H groups in total. The molecule has 0 aromatic heterocycles. The van der Waals surface area contributed by atoms with E-state index in [4.69, 9.17) is 11.6 Å². The monoisotopic (exact) mass is 366 g/mol. The van der Waals surface area contributed by atoms with Crippen LogP contribution in [0.1, 0.15) is 11.1 Å². The summed E-state index contributed by atoms with van der Waals surface area (Å²) in [5, 5.41) is 0.684. The van der Waals surface area contributed by atoms with Gasteiger partial charge in [0, 0.05) is 20.6 Å². The first-order valence-corrected chi connectivity index (χ1v) is 8.02. The molecule has 0 nitrogen and oxygen atoms in total. The lowest BCUT2D eigenvalue weighted by molar-refractivity contribution is 1.57. The van der Waals surface area contributed by atoms with Crippen LogP contribution in [0.15, 0.2) is 77.3 Å². The maximum atomic E-state index is 6.04. The van der Waals surface area contributed by atoms with Crippen LogP contribution in [0.3, 0.4) is 0 Å². The summed E-state index contributed by atoms with van der Waals surface area (Å²) >= 11 is 9.54. The largest absolute Gasteiger partial charge is 0.0843 e. The van der Waals surface area contributed by atoms with Gasteiger partial charge >= 0.3 is 0 Å². The van der Waals surface area contributed by atoms with Gasteiger partial charge in [-0.3, -0.25) is 0 Å². The summed E-state index contributed by atoms with van der Waals surface area (Å²) in [4.78, 5) is 0. The van der Waals surface area contributed by atoms with E-state index in [2.05, 4.69) is 46.0 Å². The summed E-state index contributed by atoms with van der Waals surface area (Å²) in [6.45, 7) is 0. The Morgan fingerprint density at radius 3 is 2.23 bits per heavy atom. The molecule has 3 aromatic rings. The van der Waals surface area contributed by atoms with Crippen molar-refractivity contribution in [3.63, 3.8) is 0 Å². The molecule has 0 aliphatic carbocycles. The van der Waals surface area contributed by atoms with E-state index in [0.717, 1.165) is 26.7 Å². The third kappa shape index (κ3) is 3.42. The summed E-state index contributed by atoms with van der Waals surface area (Å²) < 4.78 is 0.946. The topological polar surface area (TPSA) is 0 Å². The van der Waals surface area contributed by atoms with E-state index < -0.39 is 0 Å². The number of rotatable bonds is 1. The molecule has 2 heteroatoms. The predicted molar refractivity (Wildman–Crippen MR) is 97.0 cm³/mol. The highest BCUT2D eigenvalue weighted by Gasteiger charge is 2.02. The van der Waals surface area contributed by atoms with Gasteiger partial charge in [0.05, 0.1) is 0 Å². The van der Waals surface area contributed by atoms with Crippen molar-refractivity contribution in [3.05, 3.63) is 93.4 Å². The third-order valence-electron chi connectivity index (χ3n) is 3.27. The highest BCUT2D eigenvalue weighted by atomic mass is 79.9. The molecule has 0 aliphatic heterocycles. The third-order valence-corrected chi connectivity index (χ3v) is 4.20. The fourth-order valence-electron chi connectivity index (χ4n) is 2.19. The average molecular weight is 368 g/mol. The highest BCUT2D eigenvalue weighted by Crippen LogP contribution is 2.24. The standard InChI is InChI=1S/C20H12BrCl/c21-20-13-12-18(22)14-17(20)11-10-16-8-4-5-9-19(16)15-6-2-1-3-7-15/h1-9,12-14H. The molecule has 3 rings (SSSR count). The van der Waals surface area contributed by atoms with Gasteiger partial charge in [-0.25, -0.2) is 0 Å². The van der Waals surface area contributed by atoms with Crippen molar-refractivity contribution in [3.8, 4) is 23.0 Å². The molecule has 0 radical (unpaired) electrons. The molecule has 0 spiro atoms. The second kappa shape index (κ2) is 6.83. The van der Waals surface area contributed by atoms with Crippen molar-refractivity contribution in [2.45, 2.75) is 0 Å². The molecule has 22 heavy (non-hydrogen) atoms. The van der Waals surface area contributed by atoms with Gasteiger partial charge in [0.1, 0.15) is 0 Å². The van der Waals surface area contributed by atoms with Crippen LogP contribution >= 0.6 is 27.5 Å². The van der Waals surface area contributed by atoms with Gasteiger partial charge in [0.15, 0.2) is 0 Å². The summed E-state index contributed by atoms with van der Waals surface area (Å²) in [6.07, 6.45) is 0. The van der Waals surface area contributed by atoms with Gasteiger partial charge in [0.2, 0.25) is 0 Å². The van der Waals surface area contributed by atoms with Gasteiger partial charge in [-0.1, -0.05) is 72.0 Å². The summed E-state index contributed by atoms with van der Waals surface area (Å²) in [7, 11) is 0.